The zero-order chi connectivity index (χ0) is 18.9. The molecule has 0 aliphatic carbocycles. The van der Waals surface area contributed by atoms with Crippen LogP contribution in [-0.2, 0) is 10.0 Å². The Kier molecular flexibility index (Phi) is 4.98. The van der Waals surface area contributed by atoms with Gasteiger partial charge in [0.15, 0.2) is 0 Å². The van der Waals surface area contributed by atoms with Crippen LogP contribution < -0.4 is 4.31 Å². The van der Waals surface area contributed by atoms with Crippen LogP contribution in [0.4, 0.5) is 15.8 Å². The van der Waals surface area contributed by atoms with Crippen molar-refractivity contribution in [1.29, 1.82) is 0 Å². The van der Waals surface area contributed by atoms with Crippen molar-refractivity contribution in [2.45, 2.75) is 31.7 Å². The van der Waals surface area contributed by atoms with Gasteiger partial charge in [-0.2, -0.15) is 0 Å². The molecule has 0 saturated carbocycles. The number of sulfonamides is 1. The monoisotopic (exact) mass is 368 g/mol. The molecule has 0 saturated heterocycles. The molecule has 0 radical (unpaired) electrons. The summed E-state index contributed by atoms with van der Waals surface area (Å²) in [5.41, 5.74) is -0.535. The molecular weight excluding hydrogens is 351 g/mol. The Labute approximate surface area is 144 Å². The smallest absolute Gasteiger partial charge is 0.296 e. The van der Waals surface area contributed by atoms with Gasteiger partial charge in [0.25, 0.3) is 15.7 Å². The Balaban J connectivity index is 2.75. The van der Waals surface area contributed by atoms with Crippen molar-refractivity contribution >= 4 is 21.4 Å². The molecule has 1 N–H and O–H groups in total. The first-order chi connectivity index (χ1) is 11.6. The fourth-order valence-electron chi connectivity index (χ4n) is 2.49. The predicted octanol–water partition coefficient (Wildman–Crippen LogP) is 3.35. The number of rotatable bonds is 5. The van der Waals surface area contributed by atoms with Crippen molar-refractivity contribution in [3.8, 4) is 5.75 Å². The molecule has 0 aromatic heterocycles. The number of aryl methyl sites for hydroxylation is 1. The van der Waals surface area contributed by atoms with E-state index in [4.69, 9.17) is 0 Å². The Morgan fingerprint density at radius 2 is 1.84 bits per heavy atom. The predicted molar refractivity (Wildman–Crippen MR) is 90.7 cm³/mol. The molecule has 0 aliphatic rings. The second-order valence-corrected chi connectivity index (χ2v) is 7.52. The SMILES string of the molecule is Cc1ccc(O)cc1S(=O)(=O)N(c1ccc(F)cc1[N+](=O)[O-])C(C)C. The summed E-state index contributed by atoms with van der Waals surface area (Å²) in [6.45, 7) is 4.63. The maximum atomic E-state index is 13.4. The summed E-state index contributed by atoms with van der Waals surface area (Å²) >= 11 is 0. The molecule has 2 aromatic carbocycles. The van der Waals surface area contributed by atoms with E-state index in [9.17, 15) is 28.0 Å². The summed E-state index contributed by atoms with van der Waals surface area (Å²) in [6, 6.07) is 5.86. The van der Waals surface area contributed by atoms with Crippen molar-refractivity contribution in [3.05, 3.63) is 57.9 Å². The third-order valence-electron chi connectivity index (χ3n) is 3.55. The van der Waals surface area contributed by atoms with Crippen molar-refractivity contribution in [3.63, 3.8) is 0 Å². The standard InChI is InChI=1S/C16H17FN2O5S/c1-10(2)18(14-7-5-12(17)8-15(14)19(21)22)25(23,24)16-9-13(20)6-4-11(16)3/h4-10,20H,1-3H3. The maximum absolute atomic E-state index is 13.4. The van der Waals surface area contributed by atoms with Gasteiger partial charge in [-0.3, -0.25) is 14.4 Å². The molecule has 25 heavy (non-hydrogen) atoms. The Hall–Kier alpha value is -2.68. The lowest BCUT2D eigenvalue weighted by atomic mass is 10.2. The van der Waals surface area contributed by atoms with E-state index < -0.39 is 32.5 Å². The van der Waals surface area contributed by atoms with Gasteiger partial charge in [-0.05, 0) is 44.5 Å². The molecule has 0 bridgehead atoms. The molecule has 9 heteroatoms. The second-order valence-electron chi connectivity index (χ2n) is 5.73. The minimum Gasteiger partial charge on any atom is -0.508 e. The first-order valence-electron chi connectivity index (χ1n) is 7.33. The number of nitro groups is 1. The topological polar surface area (TPSA) is 101 Å². The van der Waals surface area contributed by atoms with E-state index in [1.165, 1.54) is 12.1 Å². The molecule has 0 atom stereocenters. The number of nitrogens with zero attached hydrogens (tertiary/aromatic N) is 2. The van der Waals surface area contributed by atoms with E-state index in [-0.39, 0.29) is 16.3 Å². The number of anilines is 1. The van der Waals surface area contributed by atoms with Crippen LogP contribution >= 0.6 is 0 Å². The van der Waals surface area contributed by atoms with Crippen molar-refractivity contribution < 1.29 is 22.8 Å². The van der Waals surface area contributed by atoms with Crippen LogP contribution in [0.5, 0.6) is 5.75 Å². The highest BCUT2D eigenvalue weighted by Crippen LogP contribution is 2.35. The van der Waals surface area contributed by atoms with Gasteiger partial charge in [-0.1, -0.05) is 6.07 Å². The number of aromatic hydroxyl groups is 1. The average molecular weight is 368 g/mol. The highest BCUT2D eigenvalue weighted by atomic mass is 32.2. The van der Waals surface area contributed by atoms with E-state index in [1.54, 1.807) is 20.8 Å². The van der Waals surface area contributed by atoms with Gasteiger partial charge in [0.1, 0.15) is 17.3 Å². The lowest BCUT2D eigenvalue weighted by molar-refractivity contribution is -0.384. The number of phenolic OH excluding ortho intramolecular Hbond substituents is 1. The fraction of sp³-hybridized carbons (Fsp3) is 0.250. The first kappa shape index (κ1) is 18.7. The minimum absolute atomic E-state index is 0.181. The summed E-state index contributed by atoms with van der Waals surface area (Å²) < 4.78 is 40.5. The zero-order valence-corrected chi connectivity index (χ0v) is 14.6. The maximum Gasteiger partial charge on any atom is 0.296 e. The first-order valence-corrected chi connectivity index (χ1v) is 8.77. The molecule has 0 unspecified atom stereocenters. The van der Waals surface area contributed by atoms with Gasteiger partial charge in [-0.25, -0.2) is 12.8 Å². The quantitative estimate of drug-likeness (QED) is 0.644. The average Bonchev–Trinajstić information content (AvgIpc) is 2.50. The molecule has 0 spiro atoms. The third kappa shape index (κ3) is 3.55. The van der Waals surface area contributed by atoms with E-state index in [2.05, 4.69) is 0 Å². The molecule has 0 heterocycles. The number of hydrogen-bond acceptors (Lipinski definition) is 5. The van der Waals surface area contributed by atoms with Crippen LogP contribution in [0.15, 0.2) is 41.3 Å². The van der Waals surface area contributed by atoms with Crippen LogP contribution in [0, 0.1) is 22.9 Å². The second kappa shape index (κ2) is 6.67. The van der Waals surface area contributed by atoms with E-state index in [0.717, 1.165) is 22.5 Å². The summed E-state index contributed by atoms with van der Waals surface area (Å²) in [5.74, 6) is -1.09. The largest absolute Gasteiger partial charge is 0.508 e. The summed E-state index contributed by atoms with van der Waals surface area (Å²) in [5, 5.41) is 20.9. The molecule has 2 rings (SSSR count). The summed E-state index contributed by atoms with van der Waals surface area (Å²) in [6.07, 6.45) is 0. The Morgan fingerprint density at radius 1 is 1.20 bits per heavy atom. The number of hydrogen-bond donors (Lipinski definition) is 1. The van der Waals surface area contributed by atoms with E-state index in [0.29, 0.717) is 11.6 Å². The number of nitro benzene ring substituents is 1. The Bertz CT molecular complexity index is 928. The number of halogens is 1. The van der Waals surface area contributed by atoms with Gasteiger partial charge in [-0.15, -0.1) is 0 Å². The number of phenols is 1. The van der Waals surface area contributed by atoms with E-state index >= 15 is 0 Å². The number of benzene rings is 2. The molecule has 0 aliphatic heterocycles. The van der Waals surface area contributed by atoms with Gasteiger partial charge >= 0.3 is 0 Å². The van der Waals surface area contributed by atoms with Gasteiger partial charge < -0.3 is 5.11 Å². The highest BCUT2D eigenvalue weighted by molar-refractivity contribution is 7.93. The fourth-order valence-corrected chi connectivity index (χ4v) is 4.41. The van der Waals surface area contributed by atoms with E-state index in [1.807, 2.05) is 0 Å². The molecular formula is C16H17FN2O5S. The van der Waals surface area contributed by atoms with Crippen LogP contribution in [0.25, 0.3) is 0 Å². The van der Waals surface area contributed by atoms with Crippen LogP contribution in [0.3, 0.4) is 0 Å². The molecule has 7 nitrogen and oxygen atoms in total. The Morgan fingerprint density at radius 3 is 2.40 bits per heavy atom. The van der Waals surface area contributed by atoms with Gasteiger partial charge in [0.2, 0.25) is 0 Å². The highest BCUT2D eigenvalue weighted by Gasteiger charge is 2.33. The lowest BCUT2D eigenvalue weighted by Crippen LogP contribution is -2.37. The molecule has 0 amide bonds. The van der Waals surface area contributed by atoms with Crippen LogP contribution in [0.1, 0.15) is 19.4 Å². The van der Waals surface area contributed by atoms with Gasteiger partial charge in [0.05, 0.1) is 15.9 Å². The zero-order valence-electron chi connectivity index (χ0n) is 13.8. The van der Waals surface area contributed by atoms with Crippen LogP contribution in [-0.4, -0.2) is 24.5 Å². The minimum atomic E-state index is -4.23. The normalized spacial score (nSPS) is 11.6. The van der Waals surface area contributed by atoms with Crippen molar-refractivity contribution in [1.82, 2.24) is 0 Å². The molecule has 2 aromatic rings. The molecule has 0 fully saturated rings. The van der Waals surface area contributed by atoms with Crippen molar-refractivity contribution in [2.75, 3.05) is 4.31 Å². The summed E-state index contributed by atoms with van der Waals surface area (Å²) in [4.78, 5) is 10.2. The summed E-state index contributed by atoms with van der Waals surface area (Å²) in [7, 11) is -4.23. The van der Waals surface area contributed by atoms with Crippen LogP contribution in [0.2, 0.25) is 0 Å². The molecule has 134 valence electrons. The lowest BCUT2D eigenvalue weighted by Gasteiger charge is -2.28. The van der Waals surface area contributed by atoms with Gasteiger partial charge in [0, 0.05) is 12.1 Å². The van der Waals surface area contributed by atoms with Crippen molar-refractivity contribution in [2.24, 2.45) is 0 Å². The third-order valence-corrected chi connectivity index (χ3v) is 5.68.